The van der Waals surface area contributed by atoms with Gasteiger partial charge in [0, 0.05) is 0 Å². The largest absolute Gasteiger partial charge is 0.504 e. The molecule has 2 aromatic heterocycles. The van der Waals surface area contributed by atoms with Crippen LogP contribution in [0.25, 0.3) is 5.65 Å². The second-order valence-electron chi connectivity index (χ2n) is 3.37. The summed E-state index contributed by atoms with van der Waals surface area (Å²) in [5, 5.41) is 13.8. The fraction of sp³-hybridized carbons (Fsp3) is 0.300. The van der Waals surface area contributed by atoms with Crippen molar-refractivity contribution in [1.82, 2.24) is 14.6 Å². The van der Waals surface area contributed by atoms with Crippen molar-refractivity contribution in [2.75, 3.05) is 6.61 Å². The highest BCUT2D eigenvalue weighted by Crippen LogP contribution is 2.23. The topological polar surface area (TPSA) is 76.7 Å². The second kappa shape index (κ2) is 4.70. The molecule has 0 bridgehead atoms. The predicted octanol–water partition coefficient (Wildman–Crippen LogP) is 1.76. The quantitative estimate of drug-likeness (QED) is 0.874. The van der Waals surface area contributed by atoms with Crippen molar-refractivity contribution in [3.63, 3.8) is 0 Å². The predicted molar refractivity (Wildman–Crippen MR) is 62.9 cm³/mol. The third kappa shape index (κ3) is 2.23. The maximum absolute atomic E-state index is 11.6. The molecule has 2 aromatic rings. The smallest absolute Gasteiger partial charge is 0.343 e. The van der Waals surface area contributed by atoms with Crippen LogP contribution in [0, 0.1) is 0 Å². The van der Waals surface area contributed by atoms with Gasteiger partial charge >= 0.3 is 5.97 Å². The first kappa shape index (κ1) is 11.8. The van der Waals surface area contributed by atoms with Crippen LogP contribution >= 0.6 is 15.9 Å². The van der Waals surface area contributed by atoms with Crippen molar-refractivity contribution >= 4 is 27.5 Å². The van der Waals surface area contributed by atoms with E-state index in [-0.39, 0.29) is 17.0 Å². The first-order valence-corrected chi connectivity index (χ1v) is 5.82. The molecule has 0 atom stereocenters. The molecule has 0 saturated heterocycles. The van der Waals surface area contributed by atoms with Crippen molar-refractivity contribution in [2.24, 2.45) is 0 Å². The van der Waals surface area contributed by atoms with Crippen molar-refractivity contribution in [3.8, 4) is 5.75 Å². The maximum atomic E-state index is 11.6. The Bertz CT molecular complexity index is 567. The van der Waals surface area contributed by atoms with E-state index in [1.165, 1.54) is 10.7 Å². The molecule has 0 amide bonds. The molecule has 0 aliphatic heterocycles. The zero-order valence-electron chi connectivity index (χ0n) is 9.05. The molecule has 0 unspecified atom stereocenters. The standard InChI is InChI=1S/C10H10BrN3O3/c1-2-3-17-10(16)6-4-12-14-5-7(11)13-9(14)8(6)15/h4-5,15H,2-3H2,1H3. The van der Waals surface area contributed by atoms with Gasteiger partial charge in [-0.3, -0.25) is 0 Å². The molecular formula is C10H10BrN3O3. The van der Waals surface area contributed by atoms with Crippen LogP contribution in [0.1, 0.15) is 23.7 Å². The van der Waals surface area contributed by atoms with E-state index >= 15 is 0 Å². The summed E-state index contributed by atoms with van der Waals surface area (Å²) in [6.45, 7) is 2.20. The van der Waals surface area contributed by atoms with Gasteiger partial charge in [0.15, 0.2) is 11.4 Å². The van der Waals surface area contributed by atoms with Crippen LogP contribution in [0.2, 0.25) is 0 Å². The van der Waals surface area contributed by atoms with Crippen LogP contribution in [0.4, 0.5) is 0 Å². The number of esters is 1. The van der Waals surface area contributed by atoms with E-state index in [1.54, 1.807) is 6.20 Å². The summed E-state index contributed by atoms with van der Waals surface area (Å²) in [7, 11) is 0. The van der Waals surface area contributed by atoms with Crippen molar-refractivity contribution in [2.45, 2.75) is 13.3 Å². The van der Waals surface area contributed by atoms with Crippen LogP contribution in [0.15, 0.2) is 17.0 Å². The number of halogens is 1. The molecule has 0 aliphatic carbocycles. The van der Waals surface area contributed by atoms with E-state index in [0.29, 0.717) is 11.2 Å². The molecule has 0 saturated carbocycles. The number of nitrogens with zero attached hydrogens (tertiary/aromatic N) is 3. The molecule has 2 rings (SSSR count). The van der Waals surface area contributed by atoms with Crippen LogP contribution in [0.3, 0.4) is 0 Å². The average Bonchev–Trinajstić information content (AvgIpc) is 2.68. The Morgan fingerprint density at radius 1 is 1.65 bits per heavy atom. The average molecular weight is 300 g/mol. The minimum Gasteiger partial charge on any atom is -0.504 e. The fourth-order valence-electron chi connectivity index (χ4n) is 1.32. The Morgan fingerprint density at radius 2 is 2.41 bits per heavy atom. The number of hydrogen-bond acceptors (Lipinski definition) is 5. The molecule has 7 heteroatoms. The highest BCUT2D eigenvalue weighted by Gasteiger charge is 2.17. The molecule has 0 fully saturated rings. The fourth-order valence-corrected chi connectivity index (χ4v) is 1.68. The maximum Gasteiger partial charge on any atom is 0.343 e. The lowest BCUT2D eigenvalue weighted by molar-refractivity contribution is 0.0501. The third-order valence-electron chi connectivity index (χ3n) is 2.09. The molecule has 6 nitrogen and oxygen atoms in total. The molecule has 1 N–H and O–H groups in total. The Balaban J connectivity index is 2.41. The highest BCUT2D eigenvalue weighted by molar-refractivity contribution is 9.10. The summed E-state index contributed by atoms with van der Waals surface area (Å²) in [5.74, 6) is -0.828. The van der Waals surface area contributed by atoms with Crippen molar-refractivity contribution in [3.05, 3.63) is 22.6 Å². The number of ether oxygens (including phenoxy) is 1. The van der Waals surface area contributed by atoms with Gasteiger partial charge in [-0.25, -0.2) is 14.3 Å². The number of rotatable bonds is 3. The number of carbonyl (C=O) groups is 1. The van der Waals surface area contributed by atoms with Crippen LogP contribution in [-0.4, -0.2) is 32.3 Å². The van der Waals surface area contributed by atoms with Gasteiger partial charge < -0.3 is 9.84 Å². The van der Waals surface area contributed by atoms with E-state index in [0.717, 1.165) is 6.42 Å². The minimum atomic E-state index is -0.599. The number of aromatic nitrogens is 3. The zero-order chi connectivity index (χ0) is 12.4. The monoisotopic (exact) mass is 299 g/mol. The lowest BCUT2D eigenvalue weighted by Crippen LogP contribution is -2.08. The SMILES string of the molecule is CCCOC(=O)c1cnn2cc(Br)nc2c1O. The Morgan fingerprint density at radius 3 is 3.12 bits per heavy atom. The summed E-state index contributed by atoms with van der Waals surface area (Å²) in [6, 6.07) is 0. The summed E-state index contributed by atoms with van der Waals surface area (Å²) < 4.78 is 6.82. The van der Waals surface area contributed by atoms with E-state index < -0.39 is 5.97 Å². The summed E-state index contributed by atoms with van der Waals surface area (Å²) >= 11 is 3.16. The number of aromatic hydroxyl groups is 1. The number of imidazole rings is 1. The first-order valence-electron chi connectivity index (χ1n) is 5.03. The van der Waals surface area contributed by atoms with Gasteiger partial charge in [-0.15, -0.1) is 0 Å². The summed E-state index contributed by atoms with van der Waals surface area (Å²) in [4.78, 5) is 15.6. The van der Waals surface area contributed by atoms with Gasteiger partial charge in [-0.05, 0) is 22.4 Å². The number of fused-ring (bicyclic) bond motifs is 1. The lowest BCUT2D eigenvalue weighted by atomic mass is 10.3. The van der Waals surface area contributed by atoms with E-state index in [9.17, 15) is 9.90 Å². The van der Waals surface area contributed by atoms with Gasteiger partial charge in [0.05, 0.1) is 19.0 Å². The highest BCUT2D eigenvalue weighted by atomic mass is 79.9. The lowest BCUT2D eigenvalue weighted by Gasteiger charge is -2.05. The first-order chi connectivity index (χ1) is 8.13. The van der Waals surface area contributed by atoms with Gasteiger partial charge in [0.25, 0.3) is 0 Å². The molecule has 2 heterocycles. The van der Waals surface area contributed by atoms with Crippen molar-refractivity contribution < 1.29 is 14.6 Å². The van der Waals surface area contributed by atoms with Crippen LogP contribution in [0.5, 0.6) is 5.75 Å². The van der Waals surface area contributed by atoms with Crippen LogP contribution in [-0.2, 0) is 4.74 Å². The van der Waals surface area contributed by atoms with Crippen molar-refractivity contribution in [1.29, 1.82) is 0 Å². The molecule has 0 spiro atoms. The van der Waals surface area contributed by atoms with E-state index in [1.807, 2.05) is 6.92 Å². The molecular weight excluding hydrogens is 290 g/mol. The Labute approximate surface area is 105 Å². The van der Waals surface area contributed by atoms with Gasteiger partial charge in [-0.2, -0.15) is 5.10 Å². The minimum absolute atomic E-state index is 0.0176. The molecule has 0 radical (unpaired) electrons. The Kier molecular flexibility index (Phi) is 3.28. The zero-order valence-corrected chi connectivity index (χ0v) is 10.6. The Hall–Kier alpha value is -1.63. The van der Waals surface area contributed by atoms with Crippen LogP contribution < -0.4 is 0 Å². The van der Waals surface area contributed by atoms with E-state index in [4.69, 9.17) is 4.74 Å². The molecule has 0 aliphatic rings. The third-order valence-corrected chi connectivity index (χ3v) is 2.48. The van der Waals surface area contributed by atoms with E-state index in [2.05, 4.69) is 26.0 Å². The van der Waals surface area contributed by atoms with Gasteiger partial charge in [-0.1, -0.05) is 6.92 Å². The summed E-state index contributed by atoms with van der Waals surface area (Å²) in [5.41, 5.74) is 0.229. The molecule has 90 valence electrons. The molecule has 17 heavy (non-hydrogen) atoms. The number of carbonyl (C=O) groups excluding carboxylic acids is 1. The summed E-state index contributed by atoms with van der Waals surface area (Å²) in [6.07, 6.45) is 3.56. The normalized spacial score (nSPS) is 10.7. The van der Waals surface area contributed by atoms with Gasteiger partial charge in [0.2, 0.25) is 0 Å². The van der Waals surface area contributed by atoms with Gasteiger partial charge in [0.1, 0.15) is 10.2 Å². The second-order valence-corrected chi connectivity index (χ2v) is 4.19. The molecule has 0 aromatic carbocycles. The number of hydrogen-bond donors (Lipinski definition) is 1.